The van der Waals surface area contributed by atoms with Crippen molar-refractivity contribution in [3.63, 3.8) is 0 Å². The average Bonchev–Trinajstić information content (AvgIpc) is 2.52. The Balaban J connectivity index is 0.000000597. The fourth-order valence-corrected chi connectivity index (χ4v) is 3.03. The summed E-state index contributed by atoms with van der Waals surface area (Å²) in [6.45, 7) is 2.23. The fourth-order valence-electron chi connectivity index (χ4n) is 1.99. The van der Waals surface area contributed by atoms with E-state index in [0.717, 1.165) is 11.1 Å². The number of hydrogen-bond acceptors (Lipinski definition) is 7. The van der Waals surface area contributed by atoms with E-state index in [1.807, 2.05) is 49.4 Å². The molecule has 0 unspecified atom stereocenters. The molecule has 2 aromatic rings. The molecule has 0 aliphatic heterocycles. The van der Waals surface area contributed by atoms with Gasteiger partial charge >= 0.3 is 6.16 Å². The van der Waals surface area contributed by atoms with E-state index >= 15 is 0 Å². The zero-order valence-corrected chi connectivity index (χ0v) is 16.0. The van der Waals surface area contributed by atoms with E-state index in [4.69, 9.17) is 28.1 Å². The van der Waals surface area contributed by atoms with Gasteiger partial charge in [-0.05, 0) is 30.7 Å². The van der Waals surface area contributed by atoms with E-state index in [9.17, 15) is 4.79 Å². The summed E-state index contributed by atoms with van der Waals surface area (Å²) in [5, 5.41) is 0. The molecule has 0 radical (unpaired) electrons. The van der Waals surface area contributed by atoms with E-state index in [-0.39, 0.29) is 17.5 Å². The first-order valence-electron chi connectivity index (χ1n) is 7.25. The van der Waals surface area contributed by atoms with Crippen LogP contribution in [0.4, 0.5) is 4.79 Å². The Morgan fingerprint density at radius 3 is 2.12 bits per heavy atom. The van der Waals surface area contributed by atoms with Gasteiger partial charge in [0, 0.05) is 16.5 Å². The highest BCUT2D eigenvalue weighted by atomic mass is 35.7. The summed E-state index contributed by atoms with van der Waals surface area (Å²) >= 11 is 0. The smallest absolute Gasteiger partial charge is 0.429 e. The molecule has 2 rings (SSSR count). The van der Waals surface area contributed by atoms with E-state index in [0.29, 0.717) is 5.75 Å². The first-order valence-corrected chi connectivity index (χ1v) is 10.5. The van der Waals surface area contributed by atoms with Crippen LogP contribution in [0.25, 0.3) is 0 Å². The summed E-state index contributed by atoms with van der Waals surface area (Å²) in [5.74, 6) is 0.514. The molecule has 2 aromatic carbocycles. The second kappa shape index (κ2) is 10.4. The molecular formula is C17H19ClO7S. The maximum Gasteiger partial charge on any atom is 0.514 e. The molecule has 0 saturated heterocycles. The standard InChI is InChI=1S/C17H19O3S.ClHO4/c1-13-11-15(9-10-16(13)21(2)3)20-17(18)19-12-14-7-5-4-6-8-14;2-1(3,4)5/h4-11H,12H2,1-3H3;(H,2,3,4,5)/q+1;/p-1. The second-order valence-corrected chi connectivity index (χ2v) is 8.08. The number of carbonyl (C=O) groups excluding carboxylic acids is 1. The molecule has 0 N–H and O–H groups in total. The quantitative estimate of drug-likeness (QED) is 0.371. The van der Waals surface area contributed by atoms with E-state index < -0.39 is 16.4 Å². The van der Waals surface area contributed by atoms with Crippen LogP contribution in [0.2, 0.25) is 0 Å². The Bertz CT molecular complexity index is 696. The maximum absolute atomic E-state index is 11.7. The zero-order chi connectivity index (χ0) is 19.7. The molecular weight excluding hydrogens is 384 g/mol. The molecule has 0 fully saturated rings. The second-order valence-electron chi connectivity index (χ2n) is 5.25. The average molecular weight is 403 g/mol. The van der Waals surface area contributed by atoms with Gasteiger partial charge in [-0.3, -0.25) is 0 Å². The largest absolute Gasteiger partial charge is 0.514 e. The van der Waals surface area contributed by atoms with Gasteiger partial charge in [-0.15, -0.1) is 10.2 Å². The van der Waals surface area contributed by atoms with Crippen molar-refractivity contribution in [3.05, 3.63) is 59.7 Å². The molecule has 0 spiro atoms. The van der Waals surface area contributed by atoms with Gasteiger partial charge in [0.2, 0.25) is 0 Å². The lowest BCUT2D eigenvalue weighted by atomic mass is 10.2. The molecule has 0 saturated carbocycles. The minimum absolute atomic E-state index is 0.188. The Morgan fingerprint density at radius 2 is 1.62 bits per heavy atom. The maximum atomic E-state index is 11.7. The number of carbonyl (C=O) groups is 1. The lowest BCUT2D eigenvalue weighted by Gasteiger charge is -2.17. The predicted octanol–water partition coefficient (Wildman–Crippen LogP) is -0.809. The fraction of sp³-hybridized carbons (Fsp3) is 0.235. The number of benzene rings is 2. The zero-order valence-electron chi connectivity index (χ0n) is 14.5. The van der Waals surface area contributed by atoms with Crippen LogP contribution < -0.4 is 23.4 Å². The van der Waals surface area contributed by atoms with Crippen molar-refractivity contribution in [2.75, 3.05) is 12.5 Å². The van der Waals surface area contributed by atoms with Crippen molar-refractivity contribution in [1.82, 2.24) is 0 Å². The highest BCUT2D eigenvalue weighted by Crippen LogP contribution is 2.21. The number of rotatable bonds is 4. The van der Waals surface area contributed by atoms with Gasteiger partial charge in [0.1, 0.15) is 24.9 Å². The number of halogens is 1. The van der Waals surface area contributed by atoms with Gasteiger partial charge in [0.25, 0.3) is 0 Å². The molecule has 0 bridgehead atoms. The predicted molar refractivity (Wildman–Crippen MR) is 85.9 cm³/mol. The normalized spacial score (nSPS) is 10.8. The summed E-state index contributed by atoms with van der Waals surface area (Å²) < 4.78 is 44.3. The molecule has 0 aliphatic carbocycles. The summed E-state index contributed by atoms with van der Waals surface area (Å²) in [4.78, 5) is 13.0. The molecule has 142 valence electrons. The molecule has 0 atom stereocenters. The third kappa shape index (κ3) is 9.62. The Kier molecular flexibility index (Phi) is 8.86. The van der Waals surface area contributed by atoms with E-state index in [1.165, 1.54) is 4.90 Å². The number of ether oxygens (including phenoxy) is 2. The lowest BCUT2D eigenvalue weighted by Crippen LogP contribution is -2.68. The van der Waals surface area contributed by atoms with Crippen molar-refractivity contribution in [2.24, 2.45) is 0 Å². The van der Waals surface area contributed by atoms with Crippen LogP contribution in [0, 0.1) is 17.2 Å². The van der Waals surface area contributed by atoms with Gasteiger partial charge in [0.05, 0.1) is 0 Å². The van der Waals surface area contributed by atoms with Crippen LogP contribution in [-0.2, 0) is 22.2 Å². The van der Waals surface area contributed by atoms with Crippen LogP contribution in [0.3, 0.4) is 0 Å². The summed E-state index contributed by atoms with van der Waals surface area (Å²) in [7, 11) is -4.76. The topological polar surface area (TPSA) is 128 Å². The third-order valence-corrected chi connectivity index (χ3v) is 4.32. The van der Waals surface area contributed by atoms with Crippen molar-refractivity contribution in [3.8, 4) is 5.75 Å². The summed E-state index contributed by atoms with van der Waals surface area (Å²) in [6.07, 6.45) is 3.64. The van der Waals surface area contributed by atoms with E-state index in [1.54, 1.807) is 6.07 Å². The van der Waals surface area contributed by atoms with Crippen molar-refractivity contribution >= 4 is 17.1 Å². The third-order valence-electron chi connectivity index (χ3n) is 2.99. The summed E-state index contributed by atoms with van der Waals surface area (Å²) in [5.41, 5.74) is 2.05. The molecule has 0 aliphatic rings. The highest BCUT2D eigenvalue weighted by Gasteiger charge is 2.14. The van der Waals surface area contributed by atoms with Crippen LogP contribution in [0.1, 0.15) is 11.1 Å². The van der Waals surface area contributed by atoms with Crippen LogP contribution in [-0.4, -0.2) is 18.7 Å². The molecule has 26 heavy (non-hydrogen) atoms. The molecule has 0 amide bonds. The van der Waals surface area contributed by atoms with Gasteiger partial charge in [-0.2, -0.15) is 0 Å². The van der Waals surface area contributed by atoms with Crippen LogP contribution in [0.5, 0.6) is 5.75 Å². The lowest BCUT2D eigenvalue weighted by molar-refractivity contribution is -2.00. The molecule has 9 heteroatoms. The first-order chi connectivity index (χ1) is 12.1. The Labute approximate surface area is 156 Å². The van der Waals surface area contributed by atoms with Gasteiger partial charge < -0.3 is 9.47 Å². The molecule has 0 aromatic heterocycles. The van der Waals surface area contributed by atoms with Crippen molar-refractivity contribution in [2.45, 2.75) is 18.4 Å². The summed E-state index contributed by atoms with van der Waals surface area (Å²) in [6, 6.07) is 15.2. The minimum atomic E-state index is -4.94. The van der Waals surface area contributed by atoms with Gasteiger partial charge in [-0.1, -0.05) is 30.3 Å². The van der Waals surface area contributed by atoms with Crippen molar-refractivity contribution in [1.29, 1.82) is 0 Å². The number of hydrogen-bond donors (Lipinski definition) is 0. The first kappa shape index (κ1) is 22.2. The molecule has 7 nitrogen and oxygen atoms in total. The van der Waals surface area contributed by atoms with Crippen LogP contribution in [0.15, 0.2) is 53.4 Å². The monoisotopic (exact) mass is 402 g/mol. The van der Waals surface area contributed by atoms with Gasteiger partial charge in [-0.25, -0.2) is 23.4 Å². The van der Waals surface area contributed by atoms with Crippen molar-refractivity contribution < 1.29 is 43.1 Å². The Hall–Kier alpha value is -1.81. The number of aryl methyl sites for hydroxylation is 1. The van der Waals surface area contributed by atoms with Crippen LogP contribution >= 0.6 is 0 Å². The van der Waals surface area contributed by atoms with Gasteiger partial charge in [0.15, 0.2) is 4.90 Å². The SMILES string of the molecule is Cc1cc(OC(=O)OCc2ccccc2)ccc1[S+](C)C.[O-][Cl+3]([O-])([O-])[O-]. The Morgan fingerprint density at radius 1 is 1.04 bits per heavy atom. The van der Waals surface area contributed by atoms with E-state index in [2.05, 4.69) is 12.5 Å². The highest BCUT2D eigenvalue weighted by molar-refractivity contribution is 7.95. The molecule has 0 heterocycles. The minimum Gasteiger partial charge on any atom is -0.429 e.